The lowest BCUT2D eigenvalue weighted by atomic mass is 9.98. The highest BCUT2D eigenvalue weighted by atomic mass is 15.0. The van der Waals surface area contributed by atoms with Crippen molar-refractivity contribution >= 4 is 5.69 Å². The molecule has 3 rings (SSSR count). The van der Waals surface area contributed by atoms with Crippen LogP contribution < -0.4 is 10.6 Å². The van der Waals surface area contributed by atoms with Crippen LogP contribution in [0, 0.1) is 11.8 Å². The molecule has 1 heterocycles. The molecule has 104 valence electrons. The molecule has 0 saturated carbocycles. The largest absolute Gasteiger partial charge is 0.385 e. The molecule has 2 atom stereocenters. The maximum atomic E-state index is 3.56. The minimum absolute atomic E-state index is 0.740. The van der Waals surface area contributed by atoms with Crippen LogP contribution in [0.15, 0.2) is 54.6 Å². The Bertz CT molecular complexity index is 533. The lowest BCUT2D eigenvalue weighted by Crippen LogP contribution is -2.20. The molecule has 1 fully saturated rings. The molecule has 2 aromatic rings. The number of nitrogens with one attached hydrogen (secondary N) is 2. The highest BCUT2D eigenvalue weighted by Gasteiger charge is 2.22. The number of anilines is 1. The summed E-state index contributed by atoms with van der Waals surface area (Å²) in [4.78, 5) is 0. The van der Waals surface area contributed by atoms with Crippen LogP contribution in [0.2, 0.25) is 0 Å². The van der Waals surface area contributed by atoms with Crippen molar-refractivity contribution in [3.05, 3.63) is 54.6 Å². The van der Waals surface area contributed by atoms with Gasteiger partial charge in [0.25, 0.3) is 0 Å². The summed E-state index contributed by atoms with van der Waals surface area (Å²) in [5, 5.41) is 7.00. The Morgan fingerprint density at radius 2 is 1.65 bits per heavy atom. The van der Waals surface area contributed by atoms with Crippen molar-refractivity contribution in [1.82, 2.24) is 5.32 Å². The van der Waals surface area contributed by atoms with E-state index >= 15 is 0 Å². The average molecular weight is 266 g/mol. The third-order valence-electron chi connectivity index (χ3n) is 4.24. The van der Waals surface area contributed by atoms with Crippen LogP contribution in [0.25, 0.3) is 11.1 Å². The Labute approximate surface area is 121 Å². The van der Waals surface area contributed by atoms with E-state index < -0.39 is 0 Å². The second kappa shape index (κ2) is 6.10. The van der Waals surface area contributed by atoms with E-state index in [1.54, 1.807) is 0 Å². The van der Waals surface area contributed by atoms with E-state index in [4.69, 9.17) is 0 Å². The summed E-state index contributed by atoms with van der Waals surface area (Å²) < 4.78 is 0. The van der Waals surface area contributed by atoms with Crippen molar-refractivity contribution < 1.29 is 0 Å². The quantitative estimate of drug-likeness (QED) is 0.883. The van der Waals surface area contributed by atoms with E-state index in [9.17, 15) is 0 Å². The second-order valence-electron chi connectivity index (χ2n) is 5.72. The lowest BCUT2D eigenvalue weighted by Gasteiger charge is -2.16. The minimum atomic E-state index is 0.740. The van der Waals surface area contributed by atoms with Crippen LogP contribution in [0.5, 0.6) is 0 Å². The predicted octanol–water partition coefficient (Wildman–Crippen LogP) is 3.62. The van der Waals surface area contributed by atoms with Gasteiger partial charge in [-0.3, -0.25) is 0 Å². The van der Waals surface area contributed by atoms with Crippen molar-refractivity contribution in [3.63, 3.8) is 0 Å². The van der Waals surface area contributed by atoms with Gasteiger partial charge < -0.3 is 10.6 Å². The third-order valence-corrected chi connectivity index (χ3v) is 4.24. The molecular formula is C18H22N2. The lowest BCUT2D eigenvalue weighted by molar-refractivity contribution is 0.475. The Morgan fingerprint density at radius 3 is 2.30 bits per heavy atom. The Hall–Kier alpha value is -1.80. The molecule has 2 nitrogen and oxygen atoms in total. The fourth-order valence-corrected chi connectivity index (χ4v) is 2.80. The van der Waals surface area contributed by atoms with Crippen LogP contribution >= 0.6 is 0 Å². The predicted molar refractivity (Wildman–Crippen MR) is 85.9 cm³/mol. The molecule has 2 heteroatoms. The Kier molecular flexibility index (Phi) is 4.03. The highest BCUT2D eigenvalue weighted by molar-refractivity contribution is 5.65. The SMILES string of the molecule is CC1CNCC1CNc1ccc(-c2ccccc2)cc1. The van der Waals surface area contributed by atoms with Gasteiger partial charge in [-0.1, -0.05) is 49.4 Å². The van der Waals surface area contributed by atoms with E-state index in [-0.39, 0.29) is 0 Å². The first-order valence-electron chi connectivity index (χ1n) is 7.43. The molecule has 0 radical (unpaired) electrons. The first-order chi connectivity index (χ1) is 9.83. The molecule has 0 aliphatic carbocycles. The van der Waals surface area contributed by atoms with Crippen molar-refractivity contribution in [2.45, 2.75) is 6.92 Å². The Morgan fingerprint density at radius 1 is 0.950 bits per heavy atom. The molecule has 20 heavy (non-hydrogen) atoms. The molecule has 0 bridgehead atoms. The molecule has 1 saturated heterocycles. The molecule has 2 N–H and O–H groups in total. The standard InChI is InChI=1S/C18H22N2/c1-14-11-19-12-17(14)13-20-18-9-7-16(8-10-18)15-5-3-2-4-6-15/h2-10,14,17,19-20H,11-13H2,1H3. The zero-order valence-electron chi connectivity index (χ0n) is 12.0. The molecule has 1 aliphatic rings. The minimum Gasteiger partial charge on any atom is -0.385 e. The van der Waals surface area contributed by atoms with Crippen LogP contribution in [0.1, 0.15) is 6.92 Å². The van der Waals surface area contributed by atoms with Crippen molar-refractivity contribution in [2.75, 3.05) is 25.0 Å². The van der Waals surface area contributed by atoms with Gasteiger partial charge in [0, 0.05) is 12.2 Å². The Balaban J connectivity index is 1.62. The highest BCUT2D eigenvalue weighted by Crippen LogP contribution is 2.22. The van der Waals surface area contributed by atoms with Crippen LogP contribution in [-0.4, -0.2) is 19.6 Å². The maximum absolute atomic E-state index is 3.56. The molecule has 0 amide bonds. The van der Waals surface area contributed by atoms with E-state index in [0.29, 0.717) is 0 Å². The molecule has 0 spiro atoms. The van der Waals surface area contributed by atoms with Crippen LogP contribution in [0.4, 0.5) is 5.69 Å². The van der Waals surface area contributed by atoms with Gasteiger partial charge in [0.1, 0.15) is 0 Å². The van der Waals surface area contributed by atoms with Gasteiger partial charge in [-0.15, -0.1) is 0 Å². The molecule has 2 aromatic carbocycles. The van der Waals surface area contributed by atoms with E-state index in [2.05, 4.69) is 72.2 Å². The van der Waals surface area contributed by atoms with Gasteiger partial charge in [0.2, 0.25) is 0 Å². The van der Waals surface area contributed by atoms with E-state index in [1.165, 1.54) is 16.8 Å². The van der Waals surface area contributed by atoms with Crippen molar-refractivity contribution in [1.29, 1.82) is 0 Å². The maximum Gasteiger partial charge on any atom is 0.0340 e. The third kappa shape index (κ3) is 3.02. The fraction of sp³-hybridized carbons (Fsp3) is 0.333. The zero-order chi connectivity index (χ0) is 13.8. The van der Waals surface area contributed by atoms with Crippen LogP contribution in [-0.2, 0) is 0 Å². The first-order valence-corrected chi connectivity index (χ1v) is 7.43. The summed E-state index contributed by atoms with van der Waals surface area (Å²) in [7, 11) is 0. The normalized spacial score (nSPS) is 21.9. The van der Waals surface area contributed by atoms with Gasteiger partial charge in [-0.05, 0) is 48.2 Å². The average Bonchev–Trinajstić information content (AvgIpc) is 2.92. The number of hydrogen-bond donors (Lipinski definition) is 2. The van der Waals surface area contributed by atoms with Gasteiger partial charge in [-0.2, -0.15) is 0 Å². The number of hydrogen-bond acceptors (Lipinski definition) is 2. The first kappa shape index (κ1) is 13.2. The fourth-order valence-electron chi connectivity index (χ4n) is 2.80. The van der Waals surface area contributed by atoms with Crippen molar-refractivity contribution in [2.24, 2.45) is 11.8 Å². The summed E-state index contributed by atoms with van der Waals surface area (Å²) in [6.07, 6.45) is 0. The zero-order valence-corrected chi connectivity index (χ0v) is 12.0. The molecule has 0 aromatic heterocycles. The van der Waals surface area contributed by atoms with E-state index in [1.807, 2.05) is 0 Å². The van der Waals surface area contributed by atoms with Crippen LogP contribution in [0.3, 0.4) is 0 Å². The van der Waals surface area contributed by atoms with Gasteiger partial charge in [-0.25, -0.2) is 0 Å². The summed E-state index contributed by atoms with van der Waals surface area (Å²) in [5.74, 6) is 1.51. The summed E-state index contributed by atoms with van der Waals surface area (Å²) in [6.45, 7) is 5.67. The number of rotatable bonds is 4. The molecule has 2 unspecified atom stereocenters. The smallest absolute Gasteiger partial charge is 0.0340 e. The summed E-state index contributed by atoms with van der Waals surface area (Å²) in [6, 6.07) is 19.2. The van der Waals surface area contributed by atoms with Gasteiger partial charge in [0.05, 0.1) is 0 Å². The topological polar surface area (TPSA) is 24.1 Å². The second-order valence-corrected chi connectivity index (χ2v) is 5.72. The summed E-state index contributed by atoms with van der Waals surface area (Å²) >= 11 is 0. The van der Waals surface area contributed by atoms with Crippen molar-refractivity contribution in [3.8, 4) is 11.1 Å². The van der Waals surface area contributed by atoms with Gasteiger partial charge >= 0.3 is 0 Å². The monoisotopic (exact) mass is 266 g/mol. The number of benzene rings is 2. The molecular weight excluding hydrogens is 244 g/mol. The van der Waals surface area contributed by atoms with E-state index in [0.717, 1.165) is 31.5 Å². The van der Waals surface area contributed by atoms with Gasteiger partial charge in [0.15, 0.2) is 0 Å². The summed E-state index contributed by atoms with van der Waals surface area (Å²) in [5.41, 5.74) is 3.75. The molecule has 1 aliphatic heterocycles.